The van der Waals surface area contributed by atoms with Crippen LogP contribution in [0.1, 0.15) is 67.2 Å². The minimum absolute atomic E-state index is 0.0218. The van der Waals surface area contributed by atoms with Gasteiger partial charge in [-0.15, -0.1) is 0 Å². The fourth-order valence-electron chi connectivity index (χ4n) is 2.84. The number of carbonyl (C=O) groups excluding carboxylic acids is 3. The molecule has 0 radical (unpaired) electrons. The van der Waals surface area contributed by atoms with Crippen molar-refractivity contribution in [2.24, 2.45) is 0 Å². The van der Waals surface area contributed by atoms with Crippen LogP contribution in [0.15, 0.2) is 11.6 Å². The van der Waals surface area contributed by atoms with Crippen LogP contribution in [-0.4, -0.2) is 56.0 Å². The predicted molar refractivity (Wildman–Crippen MR) is 118 cm³/mol. The molecule has 0 aromatic heterocycles. The van der Waals surface area contributed by atoms with E-state index in [1.54, 1.807) is 47.6 Å². The van der Waals surface area contributed by atoms with Crippen molar-refractivity contribution >= 4 is 25.9 Å². The van der Waals surface area contributed by atoms with Gasteiger partial charge in [-0.2, -0.15) is 0 Å². The molecule has 1 unspecified atom stereocenters. The van der Waals surface area contributed by atoms with Gasteiger partial charge in [-0.25, -0.2) is 0 Å². The maximum Gasteiger partial charge on any atom is 0.335 e. The maximum absolute atomic E-state index is 13.3. The Balaban J connectivity index is 5.66. The van der Waals surface area contributed by atoms with Gasteiger partial charge >= 0.3 is 19.5 Å². The first-order valence-electron chi connectivity index (χ1n) is 10.7. The lowest BCUT2D eigenvalue weighted by molar-refractivity contribution is -0.144. The van der Waals surface area contributed by atoms with Gasteiger partial charge in [0.1, 0.15) is 0 Å². The van der Waals surface area contributed by atoms with E-state index in [0.29, 0.717) is 31.4 Å². The molecule has 0 bridgehead atoms. The summed E-state index contributed by atoms with van der Waals surface area (Å²) in [6.07, 6.45) is 2.44. The number of esters is 2. The summed E-state index contributed by atoms with van der Waals surface area (Å²) in [6, 6.07) is -0.652. The highest BCUT2D eigenvalue weighted by Gasteiger charge is 2.29. The van der Waals surface area contributed by atoms with E-state index in [0.717, 1.165) is 0 Å². The summed E-state index contributed by atoms with van der Waals surface area (Å²) < 4.78 is 34.5. The fourth-order valence-corrected chi connectivity index (χ4v) is 5.08. The summed E-state index contributed by atoms with van der Waals surface area (Å²) in [5.74, 6) is -0.792. The smallest absolute Gasteiger partial charge is 0.335 e. The summed E-state index contributed by atoms with van der Waals surface area (Å²) in [7, 11) is -3.50. The van der Waals surface area contributed by atoms with Crippen molar-refractivity contribution < 1.29 is 37.5 Å². The zero-order valence-electron chi connectivity index (χ0n) is 19.5. The largest absolute Gasteiger partial charge is 0.466 e. The highest BCUT2D eigenvalue weighted by Crippen LogP contribution is 2.52. The summed E-state index contributed by atoms with van der Waals surface area (Å²) in [5.41, 5.74) is 0.651. The molecule has 0 aliphatic rings. The Morgan fingerprint density at radius 2 is 1.48 bits per heavy atom. The van der Waals surface area contributed by atoms with Gasteiger partial charge < -0.3 is 23.8 Å². The van der Waals surface area contributed by atoms with Crippen molar-refractivity contribution in [1.29, 1.82) is 0 Å². The lowest BCUT2D eigenvalue weighted by Gasteiger charge is -2.24. The zero-order chi connectivity index (χ0) is 23.9. The van der Waals surface area contributed by atoms with E-state index in [1.165, 1.54) is 0 Å². The number of rotatable bonds is 17. The molecule has 0 spiro atoms. The number of nitrogens with one attached hydrogen (secondary N) is 1. The van der Waals surface area contributed by atoms with E-state index in [2.05, 4.69) is 5.32 Å². The predicted octanol–water partition coefficient (Wildman–Crippen LogP) is 3.76. The monoisotopic (exact) mass is 463 g/mol. The molecule has 0 rings (SSSR count). The Morgan fingerprint density at radius 1 is 0.935 bits per heavy atom. The van der Waals surface area contributed by atoms with Crippen LogP contribution in [0.5, 0.6) is 0 Å². The molecule has 1 N–H and O–H groups in total. The quantitative estimate of drug-likeness (QED) is 0.150. The third kappa shape index (κ3) is 14.9. The summed E-state index contributed by atoms with van der Waals surface area (Å²) in [4.78, 5) is 34.6. The molecule has 1 amide bonds. The maximum atomic E-state index is 13.3. The van der Waals surface area contributed by atoms with Crippen molar-refractivity contribution in [2.75, 3.05) is 19.4 Å². The van der Waals surface area contributed by atoms with E-state index in [1.807, 2.05) is 0 Å². The SMILES string of the molecule is CCOC(=O)CCCC(=CC(CC(=O)OCC)NC=O)CP(=O)(OC(C)C)OC(C)C. The van der Waals surface area contributed by atoms with Crippen molar-refractivity contribution in [2.45, 2.75) is 85.5 Å². The molecule has 10 heteroatoms. The van der Waals surface area contributed by atoms with E-state index < -0.39 is 19.6 Å². The van der Waals surface area contributed by atoms with Crippen LogP contribution in [-0.2, 0) is 37.5 Å². The van der Waals surface area contributed by atoms with Crippen LogP contribution < -0.4 is 5.32 Å². The Morgan fingerprint density at radius 3 is 1.97 bits per heavy atom. The lowest BCUT2D eigenvalue weighted by Crippen LogP contribution is -2.30. The van der Waals surface area contributed by atoms with Gasteiger partial charge in [0.2, 0.25) is 6.41 Å². The minimum atomic E-state index is -3.50. The zero-order valence-corrected chi connectivity index (χ0v) is 20.4. The number of amides is 1. The highest BCUT2D eigenvalue weighted by molar-refractivity contribution is 7.54. The highest BCUT2D eigenvalue weighted by atomic mass is 31.2. The number of hydrogen-bond acceptors (Lipinski definition) is 8. The van der Waals surface area contributed by atoms with Crippen LogP contribution in [0.25, 0.3) is 0 Å². The molecular weight excluding hydrogens is 425 g/mol. The second kappa shape index (κ2) is 16.0. The number of hydrogen-bond donors (Lipinski definition) is 1. The topological polar surface area (TPSA) is 117 Å². The summed E-state index contributed by atoms with van der Waals surface area (Å²) in [6.45, 7) is 11.0. The van der Waals surface area contributed by atoms with Gasteiger partial charge in [-0.3, -0.25) is 18.9 Å². The normalized spacial score (nSPS) is 13.2. The van der Waals surface area contributed by atoms with Crippen LogP contribution in [0.2, 0.25) is 0 Å². The van der Waals surface area contributed by atoms with Gasteiger partial charge in [0.15, 0.2) is 0 Å². The van der Waals surface area contributed by atoms with Crippen LogP contribution >= 0.6 is 7.60 Å². The fraction of sp³-hybridized carbons (Fsp3) is 0.762. The van der Waals surface area contributed by atoms with Gasteiger partial charge in [0.25, 0.3) is 0 Å². The Hall–Kier alpha value is -1.70. The lowest BCUT2D eigenvalue weighted by atomic mass is 10.1. The van der Waals surface area contributed by atoms with Gasteiger partial charge in [-0.1, -0.05) is 11.6 Å². The van der Waals surface area contributed by atoms with E-state index in [9.17, 15) is 18.9 Å². The van der Waals surface area contributed by atoms with Crippen molar-refractivity contribution in [3.05, 3.63) is 11.6 Å². The minimum Gasteiger partial charge on any atom is -0.466 e. The first-order chi connectivity index (χ1) is 14.5. The van der Waals surface area contributed by atoms with E-state index >= 15 is 0 Å². The molecule has 9 nitrogen and oxygen atoms in total. The Bertz CT molecular complexity index is 619. The second-order valence-electron chi connectivity index (χ2n) is 7.46. The van der Waals surface area contributed by atoms with E-state index in [4.69, 9.17) is 18.5 Å². The molecule has 0 heterocycles. The van der Waals surface area contributed by atoms with Gasteiger partial charge in [-0.05, 0) is 54.4 Å². The van der Waals surface area contributed by atoms with E-state index in [-0.39, 0.29) is 43.8 Å². The third-order valence-corrected chi connectivity index (χ3v) is 6.01. The number of allylic oxidation sites excluding steroid dienone is 1. The van der Waals surface area contributed by atoms with Crippen molar-refractivity contribution in [3.8, 4) is 0 Å². The van der Waals surface area contributed by atoms with Gasteiger partial charge in [0.05, 0.1) is 44.0 Å². The molecular formula is C21H38NO8P. The summed E-state index contributed by atoms with van der Waals surface area (Å²) in [5, 5.41) is 2.57. The number of ether oxygens (including phenoxy) is 2. The van der Waals surface area contributed by atoms with Crippen molar-refractivity contribution in [1.82, 2.24) is 5.32 Å². The molecule has 180 valence electrons. The molecule has 31 heavy (non-hydrogen) atoms. The molecule has 0 fully saturated rings. The molecule has 0 aliphatic heterocycles. The Labute approximate surface area is 185 Å². The average Bonchev–Trinajstić information content (AvgIpc) is 2.60. The average molecular weight is 464 g/mol. The second-order valence-corrected chi connectivity index (χ2v) is 9.42. The standard InChI is InChI=1S/C21H38NO8P/c1-7-27-20(24)11-9-10-18(12-19(22-15-23)13-21(25)28-8-2)14-31(26,29-16(3)4)30-17(5)6/h12,15-17,19H,7-11,13-14H2,1-6H3,(H,22,23). The van der Waals surface area contributed by atoms with Crippen LogP contribution in [0.4, 0.5) is 0 Å². The Kier molecular flexibility index (Phi) is 15.1. The molecule has 1 atom stereocenters. The van der Waals surface area contributed by atoms with Crippen LogP contribution in [0, 0.1) is 0 Å². The third-order valence-electron chi connectivity index (χ3n) is 3.73. The number of carbonyl (C=O) groups is 3. The van der Waals surface area contributed by atoms with Crippen molar-refractivity contribution in [3.63, 3.8) is 0 Å². The van der Waals surface area contributed by atoms with Gasteiger partial charge in [0, 0.05) is 6.42 Å². The van der Waals surface area contributed by atoms with Crippen LogP contribution in [0.3, 0.4) is 0 Å². The molecule has 0 aromatic carbocycles. The molecule has 0 aromatic rings. The molecule has 0 aliphatic carbocycles. The molecule has 0 saturated heterocycles. The first kappa shape index (κ1) is 29.3. The summed E-state index contributed by atoms with van der Waals surface area (Å²) >= 11 is 0. The molecule has 0 saturated carbocycles. The first-order valence-corrected chi connectivity index (χ1v) is 12.4.